The fourth-order valence-electron chi connectivity index (χ4n) is 3.69. The van der Waals surface area contributed by atoms with E-state index in [1.54, 1.807) is 24.3 Å². The molecule has 28 heavy (non-hydrogen) atoms. The Bertz CT molecular complexity index is 1030. The first kappa shape index (κ1) is 20.2. The highest BCUT2D eigenvalue weighted by molar-refractivity contribution is 6.42. The number of aromatic nitrogens is 1. The zero-order valence-electron chi connectivity index (χ0n) is 14.9. The lowest BCUT2D eigenvalue weighted by molar-refractivity contribution is 0.115. The fourth-order valence-corrected chi connectivity index (χ4v) is 4.52. The van der Waals surface area contributed by atoms with Crippen molar-refractivity contribution in [1.29, 1.82) is 0 Å². The monoisotopic (exact) mass is 454 g/mol. The molecule has 2 N–H and O–H groups in total. The van der Waals surface area contributed by atoms with E-state index in [2.05, 4.69) is 5.32 Å². The van der Waals surface area contributed by atoms with Gasteiger partial charge in [0.25, 0.3) is 0 Å². The van der Waals surface area contributed by atoms with E-state index < -0.39 is 6.10 Å². The molecular weight excluding hydrogens is 438 g/mol. The van der Waals surface area contributed by atoms with Crippen LogP contribution in [-0.2, 0) is 0 Å². The number of hydrogen-bond donors (Lipinski definition) is 2. The standard InChI is InChI=1S/C21H18Cl4N2O/c22-12-8-13-14(21(28)18-3-1-2-6-26-18)10-19(27-20(13)17(25)9-12)11-4-5-15(23)16(24)7-11/h4-5,7-10,18,21,26,28H,1-3,6H2. The molecule has 1 fully saturated rings. The lowest BCUT2D eigenvalue weighted by Gasteiger charge is -2.29. The molecule has 0 spiro atoms. The van der Waals surface area contributed by atoms with Crippen molar-refractivity contribution in [2.24, 2.45) is 0 Å². The van der Waals surface area contributed by atoms with Crippen LogP contribution in [0.25, 0.3) is 22.2 Å². The molecule has 0 radical (unpaired) electrons. The van der Waals surface area contributed by atoms with Gasteiger partial charge in [-0.25, -0.2) is 4.98 Å². The van der Waals surface area contributed by atoms with Gasteiger partial charge in [0.2, 0.25) is 0 Å². The number of nitrogens with one attached hydrogen (secondary N) is 1. The van der Waals surface area contributed by atoms with Crippen LogP contribution in [0.5, 0.6) is 0 Å². The van der Waals surface area contributed by atoms with E-state index in [1.165, 1.54) is 0 Å². The zero-order chi connectivity index (χ0) is 19.8. The van der Waals surface area contributed by atoms with Gasteiger partial charge in [0.1, 0.15) is 0 Å². The number of rotatable bonds is 3. The third-order valence-corrected chi connectivity index (χ3v) is 6.37. The van der Waals surface area contributed by atoms with E-state index in [1.807, 2.05) is 12.1 Å². The minimum atomic E-state index is -0.707. The molecule has 0 amide bonds. The summed E-state index contributed by atoms with van der Waals surface area (Å²) in [6.07, 6.45) is 2.40. The third kappa shape index (κ3) is 3.97. The number of benzene rings is 2. The van der Waals surface area contributed by atoms with Gasteiger partial charge in [-0.3, -0.25) is 0 Å². The predicted octanol–water partition coefficient (Wildman–Crippen LogP) is 6.69. The van der Waals surface area contributed by atoms with Crippen molar-refractivity contribution in [3.63, 3.8) is 0 Å². The molecule has 1 aromatic heterocycles. The van der Waals surface area contributed by atoms with E-state index in [9.17, 15) is 5.11 Å². The molecular formula is C21H18Cl4N2O. The minimum absolute atomic E-state index is 0.0289. The molecule has 1 saturated heterocycles. The molecule has 2 aromatic carbocycles. The lowest BCUT2D eigenvalue weighted by atomic mass is 9.92. The van der Waals surface area contributed by atoms with Crippen LogP contribution in [0, 0.1) is 0 Å². The third-order valence-electron chi connectivity index (χ3n) is 5.13. The number of halogens is 4. The van der Waals surface area contributed by atoms with Crippen LogP contribution in [0.1, 0.15) is 30.9 Å². The largest absolute Gasteiger partial charge is 0.387 e. The Kier molecular flexibility index (Phi) is 6.03. The van der Waals surface area contributed by atoms with E-state index in [0.717, 1.165) is 42.3 Å². The molecule has 4 rings (SSSR count). The minimum Gasteiger partial charge on any atom is -0.387 e. The fraction of sp³-hybridized carbons (Fsp3) is 0.286. The van der Waals surface area contributed by atoms with Crippen LogP contribution in [0.3, 0.4) is 0 Å². The second-order valence-electron chi connectivity index (χ2n) is 7.01. The molecule has 1 aliphatic rings. The quantitative estimate of drug-likeness (QED) is 0.462. The molecule has 0 saturated carbocycles. The highest BCUT2D eigenvalue weighted by Crippen LogP contribution is 2.37. The predicted molar refractivity (Wildman–Crippen MR) is 118 cm³/mol. The number of aliphatic hydroxyl groups excluding tert-OH is 1. The Labute approximate surface area is 183 Å². The lowest BCUT2D eigenvalue weighted by Crippen LogP contribution is -2.38. The summed E-state index contributed by atoms with van der Waals surface area (Å²) in [6, 6.07) is 10.7. The van der Waals surface area contributed by atoms with Crippen LogP contribution in [0.2, 0.25) is 20.1 Å². The van der Waals surface area contributed by atoms with Crippen molar-refractivity contribution in [2.45, 2.75) is 31.4 Å². The summed E-state index contributed by atoms with van der Waals surface area (Å²) in [4.78, 5) is 4.72. The van der Waals surface area contributed by atoms with Crippen molar-refractivity contribution in [3.05, 3.63) is 62.1 Å². The normalized spacial score (nSPS) is 18.4. The molecule has 2 unspecified atom stereocenters. The zero-order valence-corrected chi connectivity index (χ0v) is 17.9. The number of fused-ring (bicyclic) bond motifs is 1. The van der Waals surface area contributed by atoms with Gasteiger partial charge in [0.15, 0.2) is 0 Å². The molecule has 2 heterocycles. The first-order chi connectivity index (χ1) is 13.4. The number of piperidine rings is 1. The maximum Gasteiger partial charge on any atom is 0.0950 e. The molecule has 0 bridgehead atoms. The van der Waals surface area contributed by atoms with E-state index in [0.29, 0.717) is 31.3 Å². The summed E-state index contributed by atoms with van der Waals surface area (Å²) >= 11 is 24.9. The van der Waals surface area contributed by atoms with Gasteiger partial charge < -0.3 is 10.4 Å². The first-order valence-electron chi connectivity index (χ1n) is 9.10. The second-order valence-corrected chi connectivity index (χ2v) is 8.67. The average Bonchev–Trinajstić information content (AvgIpc) is 2.69. The molecule has 1 aliphatic heterocycles. The average molecular weight is 456 g/mol. The Hall–Kier alpha value is -1.07. The Morgan fingerprint density at radius 3 is 2.50 bits per heavy atom. The van der Waals surface area contributed by atoms with Crippen LogP contribution in [0.4, 0.5) is 0 Å². The smallest absolute Gasteiger partial charge is 0.0950 e. The summed E-state index contributed by atoms with van der Waals surface area (Å²) in [5, 5.41) is 17.2. The molecule has 146 valence electrons. The van der Waals surface area contributed by atoms with Crippen LogP contribution < -0.4 is 5.32 Å². The molecule has 3 nitrogen and oxygen atoms in total. The van der Waals surface area contributed by atoms with Gasteiger partial charge in [-0.2, -0.15) is 0 Å². The summed E-state index contributed by atoms with van der Waals surface area (Å²) in [5.41, 5.74) is 2.81. The topological polar surface area (TPSA) is 45.2 Å². The Morgan fingerprint density at radius 1 is 0.964 bits per heavy atom. The van der Waals surface area contributed by atoms with Gasteiger partial charge in [0, 0.05) is 22.0 Å². The van der Waals surface area contributed by atoms with Crippen molar-refractivity contribution in [3.8, 4) is 11.3 Å². The van der Waals surface area contributed by atoms with E-state index in [4.69, 9.17) is 51.4 Å². The van der Waals surface area contributed by atoms with Gasteiger partial charge in [-0.1, -0.05) is 58.9 Å². The summed E-state index contributed by atoms with van der Waals surface area (Å²) in [7, 11) is 0. The maximum atomic E-state index is 11.2. The first-order valence-corrected chi connectivity index (χ1v) is 10.6. The van der Waals surface area contributed by atoms with E-state index >= 15 is 0 Å². The number of hydrogen-bond acceptors (Lipinski definition) is 3. The van der Waals surface area contributed by atoms with Crippen molar-refractivity contribution in [2.75, 3.05) is 6.54 Å². The van der Waals surface area contributed by atoms with E-state index in [-0.39, 0.29) is 6.04 Å². The SMILES string of the molecule is OC(c1cc(-c2ccc(Cl)c(Cl)c2)nc2c(Cl)cc(Cl)cc12)C1CCCCN1. The Morgan fingerprint density at radius 2 is 1.79 bits per heavy atom. The number of aliphatic hydroxyl groups is 1. The van der Waals surface area contributed by atoms with Crippen LogP contribution in [-0.4, -0.2) is 22.7 Å². The van der Waals surface area contributed by atoms with Gasteiger partial charge in [0.05, 0.1) is 32.4 Å². The summed E-state index contributed by atoms with van der Waals surface area (Å²) in [5.74, 6) is 0. The number of pyridine rings is 1. The molecule has 2 atom stereocenters. The molecule has 7 heteroatoms. The van der Waals surface area contributed by atoms with Crippen molar-refractivity contribution in [1.82, 2.24) is 10.3 Å². The van der Waals surface area contributed by atoms with Crippen LogP contribution in [0.15, 0.2) is 36.4 Å². The summed E-state index contributed by atoms with van der Waals surface area (Å²) in [6.45, 7) is 0.895. The van der Waals surface area contributed by atoms with Gasteiger partial charge in [-0.05, 0) is 55.3 Å². The molecule has 3 aromatic rings. The van der Waals surface area contributed by atoms with Gasteiger partial charge >= 0.3 is 0 Å². The van der Waals surface area contributed by atoms with Crippen LogP contribution >= 0.6 is 46.4 Å². The van der Waals surface area contributed by atoms with Gasteiger partial charge in [-0.15, -0.1) is 0 Å². The highest BCUT2D eigenvalue weighted by atomic mass is 35.5. The molecule has 0 aliphatic carbocycles. The van der Waals surface area contributed by atoms with Crippen molar-refractivity contribution < 1.29 is 5.11 Å². The maximum absolute atomic E-state index is 11.2. The second kappa shape index (κ2) is 8.35. The summed E-state index contributed by atoms with van der Waals surface area (Å²) < 4.78 is 0. The highest BCUT2D eigenvalue weighted by Gasteiger charge is 2.26. The number of nitrogens with zero attached hydrogens (tertiary/aromatic N) is 1. The van der Waals surface area contributed by atoms with Crippen molar-refractivity contribution >= 4 is 57.3 Å². The Balaban J connectivity index is 1.91.